The molecule has 0 fully saturated rings. The Balaban J connectivity index is 2.46. The first-order valence-electron chi connectivity index (χ1n) is 6.26. The lowest BCUT2D eigenvalue weighted by atomic mass is 10.1. The quantitative estimate of drug-likeness (QED) is 0.922. The average molecular weight is 308 g/mol. The van der Waals surface area contributed by atoms with Gasteiger partial charge in [0.15, 0.2) is 0 Å². The average Bonchev–Trinajstić information content (AvgIpc) is 2.40. The second kappa shape index (κ2) is 6.16. The van der Waals surface area contributed by atoms with E-state index in [0.717, 1.165) is 29.8 Å². The molecule has 0 aliphatic rings. The fourth-order valence-corrected chi connectivity index (χ4v) is 2.60. The monoisotopic (exact) mass is 307 g/mol. The number of hydrogen-bond acceptors (Lipinski definition) is 3. The normalized spacial score (nSPS) is 10.8. The molecule has 2 N–H and O–H groups in total. The number of rotatable bonds is 5. The third-order valence-corrected chi connectivity index (χ3v) is 3.74. The lowest BCUT2D eigenvalue weighted by Gasteiger charge is -2.23. The molecular weight excluding hydrogens is 290 g/mol. The Morgan fingerprint density at radius 1 is 1.28 bits per heavy atom. The van der Waals surface area contributed by atoms with Crippen LogP contribution >= 0.6 is 15.9 Å². The molecule has 4 heteroatoms. The first-order chi connectivity index (χ1) is 8.77. The van der Waals surface area contributed by atoms with E-state index in [1.807, 2.05) is 18.3 Å². The lowest BCUT2D eigenvalue weighted by molar-refractivity contribution is 0.748. The highest BCUT2D eigenvalue weighted by molar-refractivity contribution is 9.10. The van der Waals surface area contributed by atoms with Gasteiger partial charge in [-0.05, 0) is 32.0 Å². The zero-order valence-electron chi connectivity index (χ0n) is 10.6. The number of hydrogen-bond donors (Lipinski definition) is 1. The first kappa shape index (κ1) is 13.3. The van der Waals surface area contributed by atoms with E-state index < -0.39 is 0 Å². The van der Waals surface area contributed by atoms with Crippen LogP contribution in [0.2, 0.25) is 0 Å². The van der Waals surface area contributed by atoms with E-state index in [1.165, 1.54) is 10.8 Å². The maximum Gasteiger partial charge on any atom is 0.136 e. The largest absolute Gasteiger partial charge is 0.356 e. The zero-order valence-corrected chi connectivity index (χ0v) is 12.2. The van der Waals surface area contributed by atoms with Crippen LogP contribution in [0.4, 0.5) is 5.82 Å². The van der Waals surface area contributed by atoms with Crippen LogP contribution in [0.1, 0.15) is 13.3 Å². The standard InChI is InChI=1S/C14H18BrN3/c1-2-18(10-4-8-16)14-12-5-3-6-13(15)11(12)7-9-17-14/h3,5-7,9H,2,4,8,10,16H2,1H3. The van der Waals surface area contributed by atoms with Gasteiger partial charge in [0.1, 0.15) is 5.82 Å². The van der Waals surface area contributed by atoms with Crippen LogP contribution < -0.4 is 10.6 Å². The fraction of sp³-hybridized carbons (Fsp3) is 0.357. The zero-order chi connectivity index (χ0) is 13.0. The van der Waals surface area contributed by atoms with Crippen LogP contribution in [0, 0.1) is 0 Å². The molecule has 1 heterocycles. The predicted molar refractivity (Wildman–Crippen MR) is 81.0 cm³/mol. The van der Waals surface area contributed by atoms with Crippen LogP contribution in [0.25, 0.3) is 10.8 Å². The van der Waals surface area contributed by atoms with Crippen molar-refractivity contribution in [3.8, 4) is 0 Å². The molecule has 0 unspecified atom stereocenters. The minimum Gasteiger partial charge on any atom is -0.356 e. The third-order valence-electron chi connectivity index (χ3n) is 3.05. The molecule has 0 amide bonds. The summed E-state index contributed by atoms with van der Waals surface area (Å²) in [7, 11) is 0. The summed E-state index contributed by atoms with van der Waals surface area (Å²) in [5, 5.41) is 2.39. The Morgan fingerprint density at radius 2 is 2.11 bits per heavy atom. The van der Waals surface area contributed by atoms with Crippen LogP contribution in [0.5, 0.6) is 0 Å². The van der Waals surface area contributed by atoms with Gasteiger partial charge in [-0.15, -0.1) is 0 Å². The van der Waals surface area contributed by atoms with Gasteiger partial charge in [-0.2, -0.15) is 0 Å². The number of anilines is 1. The summed E-state index contributed by atoms with van der Waals surface area (Å²) in [6.07, 6.45) is 2.85. The van der Waals surface area contributed by atoms with Crippen molar-refractivity contribution in [2.24, 2.45) is 5.73 Å². The van der Waals surface area contributed by atoms with Gasteiger partial charge >= 0.3 is 0 Å². The number of pyridine rings is 1. The van der Waals surface area contributed by atoms with Crippen LogP contribution in [0.3, 0.4) is 0 Å². The van der Waals surface area contributed by atoms with E-state index in [0.29, 0.717) is 6.54 Å². The molecule has 0 bridgehead atoms. The van der Waals surface area contributed by atoms with Gasteiger partial charge in [0, 0.05) is 34.5 Å². The Hall–Kier alpha value is -1.13. The number of halogens is 1. The van der Waals surface area contributed by atoms with Crippen LogP contribution in [-0.2, 0) is 0 Å². The number of nitrogens with two attached hydrogens (primary N) is 1. The molecule has 3 nitrogen and oxygen atoms in total. The van der Waals surface area contributed by atoms with Gasteiger partial charge in [-0.3, -0.25) is 0 Å². The van der Waals surface area contributed by atoms with E-state index in [1.54, 1.807) is 0 Å². The summed E-state index contributed by atoms with van der Waals surface area (Å²) in [6.45, 7) is 4.75. The van der Waals surface area contributed by atoms with Gasteiger partial charge in [0.25, 0.3) is 0 Å². The number of fused-ring (bicyclic) bond motifs is 1. The van der Waals surface area contributed by atoms with E-state index in [9.17, 15) is 0 Å². The molecule has 0 saturated heterocycles. The van der Waals surface area contributed by atoms with Crippen molar-refractivity contribution >= 4 is 32.5 Å². The molecule has 1 aromatic carbocycles. The molecule has 0 atom stereocenters. The molecular formula is C14H18BrN3. The summed E-state index contributed by atoms with van der Waals surface area (Å²) in [5.74, 6) is 1.05. The Bertz CT molecular complexity index is 527. The maximum atomic E-state index is 5.59. The minimum atomic E-state index is 0.713. The maximum absolute atomic E-state index is 5.59. The van der Waals surface area contributed by atoms with Gasteiger partial charge in [-0.1, -0.05) is 28.1 Å². The molecule has 0 aliphatic carbocycles. The lowest BCUT2D eigenvalue weighted by Crippen LogP contribution is -2.26. The van der Waals surface area contributed by atoms with Gasteiger partial charge < -0.3 is 10.6 Å². The summed E-state index contributed by atoms with van der Waals surface area (Å²) in [6, 6.07) is 8.27. The summed E-state index contributed by atoms with van der Waals surface area (Å²) in [5.41, 5.74) is 5.59. The third kappa shape index (κ3) is 2.65. The Kier molecular flexibility index (Phi) is 4.55. The molecule has 96 valence electrons. The molecule has 18 heavy (non-hydrogen) atoms. The second-order valence-electron chi connectivity index (χ2n) is 4.19. The Morgan fingerprint density at radius 3 is 2.83 bits per heavy atom. The van der Waals surface area contributed by atoms with Crippen molar-refractivity contribution in [3.05, 3.63) is 34.9 Å². The molecule has 0 saturated carbocycles. The highest BCUT2D eigenvalue weighted by Crippen LogP contribution is 2.29. The van der Waals surface area contributed by atoms with E-state index in [-0.39, 0.29) is 0 Å². The highest BCUT2D eigenvalue weighted by Gasteiger charge is 2.10. The summed E-state index contributed by atoms with van der Waals surface area (Å²) in [4.78, 5) is 6.82. The molecule has 2 aromatic rings. The predicted octanol–water partition coefficient (Wildman–Crippen LogP) is 3.17. The minimum absolute atomic E-state index is 0.713. The number of aromatic nitrogens is 1. The second-order valence-corrected chi connectivity index (χ2v) is 5.05. The van der Waals surface area contributed by atoms with Crippen LogP contribution in [0.15, 0.2) is 34.9 Å². The highest BCUT2D eigenvalue weighted by atomic mass is 79.9. The van der Waals surface area contributed by atoms with Gasteiger partial charge in [0.2, 0.25) is 0 Å². The molecule has 0 radical (unpaired) electrons. The summed E-state index contributed by atoms with van der Waals surface area (Å²) < 4.78 is 1.11. The summed E-state index contributed by atoms with van der Waals surface area (Å²) >= 11 is 3.59. The smallest absolute Gasteiger partial charge is 0.136 e. The van der Waals surface area contributed by atoms with Crippen molar-refractivity contribution in [2.75, 3.05) is 24.5 Å². The first-order valence-corrected chi connectivity index (χ1v) is 7.05. The van der Waals surface area contributed by atoms with E-state index in [2.05, 4.69) is 44.9 Å². The van der Waals surface area contributed by atoms with Crippen molar-refractivity contribution in [2.45, 2.75) is 13.3 Å². The van der Waals surface area contributed by atoms with Crippen molar-refractivity contribution < 1.29 is 0 Å². The van der Waals surface area contributed by atoms with Crippen molar-refractivity contribution in [1.82, 2.24) is 4.98 Å². The van der Waals surface area contributed by atoms with E-state index in [4.69, 9.17) is 5.73 Å². The molecule has 0 spiro atoms. The van der Waals surface area contributed by atoms with E-state index >= 15 is 0 Å². The Labute approximate surface area is 116 Å². The van der Waals surface area contributed by atoms with Crippen molar-refractivity contribution in [3.63, 3.8) is 0 Å². The fourth-order valence-electron chi connectivity index (χ4n) is 2.10. The van der Waals surface area contributed by atoms with Crippen molar-refractivity contribution in [1.29, 1.82) is 0 Å². The number of nitrogens with zero attached hydrogens (tertiary/aromatic N) is 2. The topological polar surface area (TPSA) is 42.1 Å². The van der Waals surface area contributed by atoms with Crippen LogP contribution in [-0.4, -0.2) is 24.6 Å². The molecule has 2 rings (SSSR count). The molecule has 1 aromatic heterocycles. The SMILES string of the molecule is CCN(CCCN)c1nccc2c(Br)cccc12. The number of benzene rings is 1. The molecule has 0 aliphatic heterocycles. The van der Waals surface area contributed by atoms with Gasteiger partial charge in [0.05, 0.1) is 0 Å². The van der Waals surface area contributed by atoms with Gasteiger partial charge in [-0.25, -0.2) is 4.98 Å².